The number of carbonyl (C=O) groups excluding carboxylic acids is 1. The topological polar surface area (TPSA) is 107 Å². The van der Waals surface area contributed by atoms with Crippen LogP contribution in [0, 0.1) is 0 Å². The lowest BCUT2D eigenvalue weighted by atomic mass is 10.0. The Morgan fingerprint density at radius 3 is 2.26 bits per heavy atom. The fourth-order valence-electron chi connectivity index (χ4n) is 3.47. The van der Waals surface area contributed by atoms with Gasteiger partial charge in [-0.25, -0.2) is 22.9 Å². The van der Waals surface area contributed by atoms with Crippen LogP contribution in [0.5, 0.6) is 5.75 Å². The van der Waals surface area contributed by atoms with Gasteiger partial charge in [-0.3, -0.25) is 4.98 Å². The van der Waals surface area contributed by atoms with Crippen LogP contribution >= 0.6 is 0 Å². The summed E-state index contributed by atoms with van der Waals surface area (Å²) < 4.78 is 35.0. The largest absolute Gasteiger partial charge is 0.492 e. The smallest absolute Gasteiger partial charge is 0.338 e. The van der Waals surface area contributed by atoms with Crippen LogP contribution in [0.3, 0.4) is 0 Å². The van der Waals surface area contributed by atoms with Gasteiger partial charge in [-0.05, 0) is 35.4 Å². The van der Waals surface area contributed by atoms with Crippen LogP contribution in [-0.4, -0.2) is 50.9 Å². The van der Waals surface area contributed by atoms with Gasteiger partial charge in [0.1, 0.15) is 12.4 Å². The third-order valence-corrected chi connectivity index (χ3v) is 5.85. The number of esters is 1. The van der Waals surface area contributed by atoms with E-state index in [1.807, 2.05) is 48.5 Å². The lowest BCUT2D eigenvalue weighted by molar-refractivity contribution is 0.0603. The first-order chi connectivity index (χ1) is 16.3. The number of hydrogen-bond donors (Lipinski definition) is 1. The molecule has 8 nitrogen and oxygen atoms in total. The minimum absolute atomic E-state index is 0.207. The number of nitrogens with zero attached hydrogens (tertiary/aromatic N) is 2. The van der Waals surface area contributed by atoms with E-state index < -0.39 is 16.0 Å². The molecule has 0 radical (unpaired) electrons. The average molecular weight is 478 g/mol. The standard InChI is InChI=1S/C25H23N3O5S/c1-32-25(29)21-15-24(28-23-11-12-26-16-22(21)23)19-5-3-17(4-6-19)18-7-9-20(10-8-18)33-14-13-27-34(2,30)31/h3-12,15-16,27H,13-14H2,1-2H3. The van der Waals surface area contributed by atoms with Crippen LogP contribution in [0.4, 0.5) is 0 Å². The van der Waals surface area contributed by atoms with Gasteiger partial charge in [-0.1, -0.05) is 36.4 Å². The maximum Gasteiger partial charge on any atom is 0.338 e. The Hall–Kier alpha value is -3.82. The number of methoxy groups -OCH3 is 1. The lowest BCUT2D eigenvalue weighted by Crippen LogP contribution is -2.26. The van der Waals surface area contributed by atoms with Crippen LogP contribution in [-0.2, 0) is 14.8 Å². The second-order valence-corrected chi connectivity index (χ2v) is 9.39. The number of aromatic nitrogens is 2. The highest BCUT2D eigenvalue weighted by Gasteiger charge is 2.14. The van der Waals surface area contributed by atoms with Crippen molar-refractivity contribution >= 4 is 26.9 Å². The molecule has 2 heterocycles. The van der Waals surface area contributed by atoms with Gasteiger partial charge in [-0.2, -0.15) is 0 Å². The fourth-order valence-corrected chi connectivity index (χ4v) is 3.92. The second kappa shape index (κ2) is 9.98. The highest BCUT2D eigenvalue weighted by Crippen LogP contribution is 2.28. The molecule has 0 atom stereocenters. The van der Waals surface area contributed by atoms with Crippen molar-refractivity contribution in [3.63, 3.8) is 0 Å². The molecule has 9 heteroatoms. The van der Waals surface area contributed by atoms with Crippen molar-refractivity contribution in [3.05, 3.63) is 78.6 Å². The number of hydrogen-bond acceptors (Lipinski definition) is 7. The summed E-state index contributed by atoms with van der Waals surface area (Å²) in [5.74, 6) is 0.216. The quantitative estimate of drug-likeness (QED) is 0.305. The van der Waals surface area contributed by atoms with Crippen LogP contribution < -0.4 is 9.46 Å². The van der Waals surface area contributed by atoms with Gasteiger partial charge in [0.15, 0.2) is 0 Å². The molecule has 0 aliphatic heterocycles. The van der Waals surface area contributed by atoms with Crippen molar-refractivity contribution in [3.8, 4) is 28.1 Å². The SMILES string of the molecule is COC(=O)c1cc(-c2ccc(-c3ccc(OCCNS(C)(=O)=O)cc3)cc2)nc2ccncc12. The van der Waals surface area contributed by atoms with Gasteiger partial charge in [-0.15, -0.1) is 0 Å². The molecule has 0 spiro atoms. The molecular weight excluding hydrogens is 454 g/mol. The van der Waals surface area contributed by atoms with E-state index in [1.165, 1.54) is 7.11 Å². The van der Waals surface area contributed by atoms with Gasteiger partial charge < -0.3 is 9.47 Å². The van der Waals surface area contributed by atoms with E-state index in [0.717, 1.165) is 22.9 Å². The van der Waals surface area contributed by atoms with E-state index >= 15 is 0 Å². The predicted octanol–water partition coefficient (Wildman–Crippen LogP) is 3.68. The zero-order valence-electron chi connectivity index (χ0n) is 18.7. The average Bonchev–Trinajstić information content (AvgIpc) is 2.85. The summed E-state index contributed by atoms with van der Waals surface area (Å²) in [6.45, 7) is 0.447. The third kappa shape index (κ3) is 5.56. The first-order valence-corrected chi connectivity index (χ1v) is 12.3. The first-order valence-electron chi connectivity index (χ1n) is 10.5. The number of nitrogens with one attached hydrogen (secondary N) is 1. The molecule has 1 N–H and O–H groups in total. The normalized spacial score (nSPS) is 11.4. The van der Waals surface area contributed by atoms with Crippen molar-refractivity contribution < 1.29 is 22.7 Å². The Labute approximate surface area is 197 Å². The number of carbonyl (C=O) groups is 1. The number of ether oxygens (including phenoxy) is 2. The molecule has 2 aromatic carbocycles. The monoisotopic (exact) mass is 477 g/mol. The van der Waals surface area contributed by atoms with Gasteiger partial charge >= 0.3 is 5.97 Å². The maximum atomic E-state index is 12.3. The van der Waals surface area contributed by atoms with E-state index in [4.69, 9.17) is 9.47 Å². The van der Waals surface area contributed by atoms with Crippen molar-refractivity contribution in [1.29, 1.82) is 0 Å². The van der Waals surface area contributed by atoms with Gasteiger partial charge in [0.05, 0.1) is 30.1 Å². The number of fused-ring (bicyclic) bond motifs is 1. The first kappa shape index (κ1) is 23.3. The van der Waals surface area contributed by atoms with Crippen LogP contribution in [0.1, 0.15) is 10.4 Å². The molecule has 174 valence electrons. The molecule has 4 aromatic rings. The summed E-state index contributed by atoms with van der Waals surface area (Å²) in [5.41, 5.74) is 4.62. The molecule has 0 saturated carbocycles. The molecule has 0 amide bonds. The number of benzene rings is 2. The molecule has 34 heavy (non-hydrogen) atoms. The second-order valence-electron chi connectivity index (χ2n) is 7.56. The molecule has 2 aromatic heterocycles. The molecule has 0 aliphatic rings. The highest BCUT2D eigenvalue weighted by atomic mass is 32.2. The minimum Gasteiger partial charge on any atom is -0.492 e. The Morgan fingerprint density at radius 2 is 1.62 bits per heavy atom. The number of pyridine rings is 2. The van der Waals surface area contributed by atoms with Gasteiger partial charge in [0.2, 0.25) is 10.0 Å². The molecule has 0 bridgehead atoms. The zero-order valence-corrected chi connectivity index (χ0v) is 19.5. The van der Waals surface area contributed by atoms with E-state index in [0.29, 0.717) is 27.9 Å². The fraction of sp³-hybridized carbons (Fsp3) is 0.160. The third-order valence-electron chi connectivity index (χ3n) is 5.12. The zero-order chi connectivity index (χ0) is 24.1. The summed E-state index contributed by atoms with van der Waals surface area (Å²) in [6.07, 6.45) is 4.36. The Bertz CT molecular complexity index is 1420. The Morgan fingerprint density at radius 1 is 0.971 bits per heavy atom. The van der Waals surface area contributed by atoms with Crippen LogP contribution in [0.15, 0.2) is 73.1 Å². The van der Waals surface area contributed by atoms with Crippen LogP contribution in [0.25, 0.3) is 33.3 Å². The van der Waals surface area contributed by atoms with E-state index in [-0.39, 0.29) is 13.2 Å². The lowest BCUT2D eigenvalue weighted by Gasteiger charge is -2.10. The number of rotatable bonds is 8. The van der Waals surface area contributed by atoms with Crippen molar-refractivity contribution in [1.82, 2.24) is 14.7 Å². The molecular formula is C25H23N3O5S. The molecule has 0 aliphatic carbocycles. The summed E-state index contributed by atoms with van der Waals surface area (Å²) in [4.78, 5) is 21.1. The molecule has 4 rings (SSSR count). The van der Waals surface area contributed by atoms with E-state index in [2.05, 4.69) is 14.7 Å². The summed E-state index contributed by atoms with van der Waals surface area (Å²) in [7, 11) is -1.87. The Balaban J connectivity index is 1.51. The summed E-state index contributed by atoms with van der Waals surface area (Å²) >= 11 is 0. The highest BCUT2D eigenvalue weighted by molar-refractivity contribution is 7.88. The van der Waals surface area contributed by atoms with Crippen molar-refractivity contribution in [2.75, 3.05) is 26.5 Å². The van der Waals surface area contributed by atoms with Crippen LogP contribution in [0.2, 0.25) is 0 Å². The molecule has 0 saturated heterocycles. The summed E-state index contributed by atoms with van der Waals surface area (Å²) in [6, 6.07) is 18.9. The van der Waals surface area contributed by atoms with Gasteiger partial charge in [0, 0.05) is 29.9 Å². The Kier molecular flexibility index (Phi) is 6.85. The van der Waals surface area contributed by atoms with E-state index in [1.54, 1.807) is 24.5 Å². The molecule has 0 fully saturated rings. The maximum absolute atomic E-state index is 12.3. The number of sulfonamides is 1. The van der Waals surface area contributed by atoms with Gasteiger partial charge in [0.25, 0.3) is 0 Å². The van der Waals surface area contributed by atoms with Crippen molar-refractivity contribution in [2.45, 2.75) is 0 Å². The van der Waals surface area contributed by atoms with E-state index in [9.17, 15) is 13.2 Å². The molecule has 0 unspecified atom stereocenters. The summed E-state index contributed by atoms with van der Waals surface area (Å²) in [5, 5.41) is 0.643. The van der Waals surface area contributed by atoms with Crippen molar-refractivity contribution in [2.24, 2.45) is 0 Å². The predicted molar refractivity (Wildman–Crippen MR) is 130 cm³/mol. The minimum atomic E-state index is -3.22.